The number of hydrogen-bond donors (Lipinski definition) is 1. The predicted molar refractivity (Wildman–Crippen MR) is 117 cm³/mol. The summed E-state index contributed by atoms with van der Waals surface area (Å²) < 4.78 is 23.6. The van der Waals surface area contributed by atoms with Crippen molar-refractivity contribution in [1.29, 1.82) is 0 Å². The zero-order valence-electron chi connectivity index (χ0n) is 17.2. The van der Waals surface area contributed by atoms with Gasteiger partial charge in [0.25, 0.3) is 0 Å². The fourth-order valence-corrected chi connectivity index (χ4v) is 5.55. The zero-order valence-corrected chi connectivity index (χ0v) is 18.0. The van der Waals surface area contributed by atoms with Crippen LogP contribution in [-0.2, 0) is 29.5 Å². The van der Waals surface area contributed by atoms with Crippen LogP contribution in [0.5, 0.6) is 0 Å². The van der Waals surface area contributed by atoms with Gasteiger partial charge in [-0.3, -0.25) is 4.21 Å². The van der Waals surface area contributed by atoms with E-state index >= 15 is 0 Å². The van der Waals surface area contributed by atoms with Crippen molar-refractivity contribution in [3.63, 3.8) is 0 Å². The quantitative estimate of drug-likeness (QED) is 0.481. The summed E-state index contributed by atoms with van der Waals surface area (Å²) >= 11 is -2.16. The van der Waals surface area contributed by atoms with E-state index < -0.39 is 11.3 Å². The van der Waals surface area contributed by atoms with E-state index in [9.17, 15) is 8.76 Å². The molecule has 0 amide bonds. The molecule has 1 saturated carbocycles. The molecule has 1 aliphatic carbocycles. The van der Waals surface area contributed by atoms with Gasteiger partial charge in [-0.1, -0.05) is 61.5 Å². The van der Waals surface area contributed by atoms with Crippen molar-refractivity contribution in [2.75, 3.05) is 26.2 Å². The summed E-state index contributed by atoms with van der Waals surface area (Å²) in [5, 5.41) is 0. The van der Waals surface area contributed by atoms with Gasteiger partial charge in [-0.15, -0.1) is 0 Å². The van der Waals surface area contributed by atoms with Gasteiger partial charge in [-0.2, -0.15) is 0 Å². The maximum absolute atomic E-state index is 10.6. The first-order chi connectivity index (χ1) is 14.1. The van der Waals surface area contributed by atoms with E-state index in [0.29, 0.717) is 12.0 Å². The minimum Gasteiger partial charge on any atom is -0.760 e. The van der Waals surface area contributed by atoms with E-state index in [1.165, 1.54) is 49.2 Å². The minimum absolute atomic E-state index is 0.320. The summed E-state index contributed by atoms with van der Waals surface area (Å²) in [7, 11) is 0. The Morgan fingerprint density at radius 3 is 2.45 bits per heavy atom. The molecule has 156 valence electrons. The first-order valence-electron chi connectivity index (χ1n) is 10.8. The molecule has 29 heavy (non-hydrogen) atoms. The topological polar surface area (TPSA) is 55.4 Å². The summed E-state index contributed by atoms with van der Waals surface area (Å²) in [4.78, 5) is 2.65. The number of hydrogen-bond acceptors (Lipinski definition) is 3. The smallest absolute Gasteiger partial charge is 0.0181 e. The Bertz CT molecular complexity index is 830. The number of nitrogens with one attached hydrogen (secondary N) is 1. The Hall–Kier alpha value is -1.53. The number of benzene rings is 2. The number of likely N-dealkylation sites (tertiary alicyclic amines) is 1. The van der Waals surface area contributed by atoms with E-state index in [2.05, 4.69) is 71.1 Å². The number of aryl methyl sites for hydroxylation is 2. The Morgan fingerprint density at radius 2 is 1.72 bits per heavy atom. The molecule has 2 fully saturated rings. The Morgan fingerprint density at radius 1 is 1.03 bits per heavy atom. The Kier molecular flexibility index (Phi) is 6.50. The molecule has 4 nitrogen and oxygen atoms in total. The van der Waals surface area contributed by atoms with Crippen LogP contribution < -0.4 is 4.72 Å². The van der Waals surface area contributed by atoms with Crippen LogP contribution in [-0.4, -0.2) is 39.8 Å². The van der Waals surface area contributed by atoms with Crippen LogP contribution in [0.25, 0.3) is 0 Å². The van der Waals surface area contributed by atoms with Crippen LogP contribution in [0.3, 0.4) is 0 Å². The highest BCUT2D eigenvalue weighted by atomic mass is 32.2. The van der Waals surface area contributed by atoms with Gasteiger partial charge in [-0.05, 0) is 60.8 Å². The molecule has 1 N–H and O–H groups in total. The van der Waals surface area contributed by atoms with Gasteiger partial charge in [0.1, 0.15) is 0 Å². The van der Waals surface area contributed by atoms with Crippen LogP contribution in [0.15, 0.2) is 54.6 Å². The van der Waals surface area contributed by atoms with Crippen LogP contribution >= 0.6 is 0 Å². The third-order valence-electron chi connectivity index (χ3n) is 7.02. The lowest BCUT2D eigenvalue weighted by Crippen LogP contribution is -2.30. The van der Waals surface area contributed by atoms with Crippen molar-refractivity contribution < 1.29 is 8.76 Å². The molecule has 1 saturated heterocycles. The van der Waals surface area contributed by atoms with Crippen molar-refractivity contribution in [2.45, 2.75) is 38.0 Å². The second kappa shape index (κ2) is 9.09. The Labute approximate surface area is 177 Å². The molecule has 0 bridgehead atoms. The maximum atomic E-state index is 10.6. The molecular weight excluding hydrogens is 380 g/mol. The van der Waals surface area contributed by atoms with Gasteiger partial charge in [0.15, 0.2) is 0 Å². The van der Waals surface area contributed by atoms with Crippen molar-refractivity contribution in [3.8, 4) is 0 Å². The fourth-order valence-electron chi connectivity index (χ4n) is 5.23. The van der Waals surface area contributed by atoms with E-state index in [1.54, 1.807) is 0 Å². The molecule has 0 spiro atoms. The first kappa shape index (κ1) is 20.7. The average molecular weight is 412 g/mol. The normalized spacial score (nSPS) is 27.0. The molecule has 1 aliphatic heterocycles. The van der Waals surface area contributed by atoms with Gasteiger partial charge < -0.3 is 9.45 Å². The zero-order chi connectivity index (χ0) is 20.3. The van der Waals surface area contributed by atoms with Gasteiger partial charge in [0.2, 0.25) is 0 Å². The monoisotopic (exact) mass is 411 g/mol. The number of piperidine rings is 1. The first-order valence-corrected chi connectivity index (χ1v) is 11.8. The summed E-state index contributed by atoms with van der Waals surface area (Å²) in [6.45, 7) is 6.58. The molecule has 0 radical (unpaired) electrons. The van der Waals surface area contributed by atoms with Crippen molar-refractivity contribution in [3.05, 3.63) is 71.3 Å². The van der Waals surface area contributed by atoms with E-state index in [-0.39, 0.29) is 0 Å². The molecule has 4 rings (SSSR count). The minimum atomic E-state index is -2.16. The molecule has 5 heteroatoms. The second-order valence-corrected chi connectivity index (χ2v) is 9.54. The van der Waals surface area contributed by atoms with Crippen molar-refractivity contribution >= 4 is 11.3 Å². The van der Waals surface area contributed by atoms with Gasteiger partial charge in [0.05, 0.1) is 0 Å². The summed E-state index contributed by atoms with van der Waals surface area (Å²) in [5.74, 6) is 1.55. The summed E-state index contributed by atoms with van der Waals surface area (Å²) in [6.07, 6.45) is 4.14. The van der Waals surface area contributed by atoms with Crippen LogP contribution in [0, 0.1) is 11.8 Å². The number of fused-ring (bicyclic) bond motifs is 1. The molecule has 0 aromatic heterocycles. The van der Waals surface area contributed by atoms with E-state index in [4.69, 9.17) is 0 Å². The molecule has 3 atom stereocenters. The fraction of sp³-hybridized carbons (Fsp3) is 0.500. The predicted octanol–water partition coefficient (Wildman–Crippen LogP) is 3.46. The highest BCUT2D eigenvalue weighted by Gasteiger charge is 2.65. The lowest BCUT2D eigenvalue weighted by Gasteiger charge is -2.25. The standard InChI is InChI=1S/C24H32N2O2S/c1-24(21-13-5-10-20(16-21)11-6-14-25-29(27)28)22-17-26(18-23(22)24)15-7-12-19-8-3-2-4-9-19/h2-5,8-10,13,16,22-23,25H,6-7,11-12,14-15,17-18H2,1H3,(H,27,28)/p-1. The maximum Gasteiger partial charge on any atom is 0.0181 e. The summed E-state index contributed by atoms with van der Waals surface area (Å²) in [5.41, 5.74) is 4.54. The average Bonchev–Trinajstić information content (AvgIpc) is 3.07. The number of nitrogens with zero attached hydrogens (tertiary/aromatic N) is 1. The second-order valence-electron chi connectivity index (χ2n) is 8.78. The van der Waals surface area contributed by atoms with Gasteiger partial charge in [0, 0.05) is 36.3 Å². The highest BCUT2D eigenvalue weighted by Crippen LogP contribution is 2.63. The molecule has 3 unspecified atom stereocenters. The van der Waals surface area contributed by atoms with Crippen LogP contribution in [0.1, 0.15) is 36.5 Å². The molecular formula is C24H31N2O2S-. The van der Waals surface area contributed by atoms with Gasteiger partial charge in [-0.25, -0.2) is 4.72 Å². The van der Waals surface area contributed by atoms with E-state index in [0.717, 1.165) is 24.7 Å². The Balaban J connectivity index is 1.25. The summed E-state index contributed by atoms with van der Waals surface area (Å²) in [6, 6.07) is 19.7. The molecule has 2 aliphatic rings. The van der Waals surface area contributed by atoms with Crippen LogP contribution in [0.4, 0.5) is 0 Å². The lowest BCUT2D eigenvalue weighted by atomic mass is 9.90. The lowest BCUT2D eigenvalue weighted by molar-refractivity contribution is 0.274. The molecule has 2 aromatic carbocycles. The third-order valence-corrected chi connectivity index (χ3v) is 7.46. The third kappa shape index (κ3) is 4.80. The largest absolute Gasteiger partial charge is 0.760 e. The highest BCUT2D eigenvalue weighted by molar-refractivity contribution is 7.77. The number of rotatable bonds is 10. The van der Waals surface area contributed by atoms with E-state index in [1.807, 2.05) is 0 Å². The van der Waals surface area contributed by atoms with Crippen molar-refractivity contribution in [2.24, 2.45) is 11.8 Å². The van der Waals surface area contributed by atoms with Crippen molar-refractivity contribution in [1.82, 2.24) is 9.62 Å². The SMILES string of the molecule is CC1(c2cccc(CCCNS(=O)[O-])c2)C2CN(CCCc3ccccc3)CC21. The molecule has 2 aromatic rings. The van der Waals surface area contributed by atoms with Gasteiger partial charge >= 0.3 is 0 Å². The molecule has 1 heterocycles. The van der Waals surface area contributed by atoms with Crippen LogP contribution in [0.2, 0.25) is 0 Å².